The van der Waals surface area contributed by atoms with Gasteiger partial charge in [0.1, 0.15) is 0 Å². The first kappa shape index (κ1) is 14.2. The average Bonchev–Trinajstić information content (AvgIpc) is 2.26. The average molecular weight is 230 g/mol. The predicted molar refractivity (Wildman–Crippen MR) is 53.2 cm³/mol. The molecule has 6 nitrogen and oxygen atoms in total. The summed E-state index contributed by atoms with van der Waals surface area (Å²) in [6.45, 7) is 5.43. The molecule has 0 rings (SSSR count). The zero-order valence-corrected chi connectivity index (χ0v) is 9.13. The van der Waals surface area contributed by atoms with Crippen molar-refractivity contribution in [2.45, 2.75) is 13.8 Å². The van der Waals surface area contributed by atoms with E-state index in [-0.39, 0.29) is 0 Å². The predicted octanol–water partition coefficient (Wildman–Crippen LogP) is 0.573. The maximum atomic E-state index is 11.3. The van der Waals surface area contributed by atoms with Gasteiger partial charge in [-0.2, -0.15) is 0 Å². The second-order valence-electron chi connectivity index (χ2n) is 3.16. The molecular weight excluding hydrogens is 216 g/mol. The van der Waals surface area contributed by atoms with Crippen LogP contribution in [0.25, 0.3) is 0 Å². The molecule has 0 spiro atoms. The molecule has 0 aromatic rings. The van der Waals surface area contributed by atoms with Crippen molar-refractivity contribution >= 4 is 17.9 Å². The summed E-state index contributed by atoms with van der Waals surface area (Å²) in [6, 6.07) is 0. The van der Waals surface area contributed by atoms with E-state index in [0.29, 0.717) is 0 Å². The van der Waals surface area contributed by atoms with Gasteiger partial charge in [-0.15, -0.1) is 0 Å². The summed E-state index contributed by atoms with van der Waals surface area (Å²) in [5, 5.41) is 8.65. The molecule has 90 valence electrons. The number of rotatable bonds is 6. The van der Waals surface area contributed by atoms with Crippen LogP contribution in [0.1, 0.15) is 13.8 Å². The molecule has 16 heavy (non-hydrogen) atoms. The van der Waals surface area contributed by atoms with Crippen molar-refractivity contribution in [1.29, 1.82) is 0 Å². The molecule has 0 saturated carbocycles. The second-order valence-corrected chi connectivity index (χ2v) is 3.16. The molecule has 1 N–H and O–H groups in total. The lowest BCUT2D eigenvalue weighted by Crippen LogP contribution is -2.27. The van der Waals surface area contributed by atoms with Gasteiger partial charge in [-0.05, 0) is 0 Å². The van der Waals surface area contributed by atoms with Gasteiger partial charge in [0.15, 0.2) is 0 Å². The van der Waals surface area contributed by atoms with E-state index in [0.717, 1.165) is 6.08 Å². The third-order valence-corrected chi connectivity index (χ3v) is 2.08. The topological polar surface area (TPSA) is 89.9 Å². The van der Waals surface area contributed by atoms with E-state index in [4.69, 9.17) is 5.11 Å². The Bertz CT molecular complexity index is 296. The van der Waals surface area contributed by atoms with E-state index in [2.05, 4.69) is 16.1 Å². The van der Waals surface area contributed by atoms with Crippen LogP contribution in [0.3, 0.4) is 0 Å². The highest BCUT2D eigenvalue weighted by atomic mass is 16.7. The SMILES string of the molecule is C=CC(=O)OCOC(=O)C(C)C(C)C(=O)O. The quantitative estimate of drug-likeness (QED) is 0.407. The van der Waals surface area contributed by atoms with Crippen LogP contribution in [0.15, 0.2) is 12.7 Å². The van der Waals surface area contributed by atoms with Crippen molar-refractivity contribution in [3.63, 3.8) is 0 Å². The number of carbonyl (C=O) groups is 3. The highest BCUT2D eigenvalue weighted by Crippen LogP contribution is 2.12. The highest BCUT2D eigenvalue weighted by Gasteiger charge is 2.27. The van der Waals surface area contributed by atoms with Gasteiger partial charge in [0.05, 0.1) is 11.8 Å². The van der Waals surface area contributed by atoms with E-state index >= 15 is 0 Å². The van der Waals surface area contributed by atoms with Crippen molar-refractivity contribution in [3.05, 3.63) is 12.7 Å². The molecule has 0 aromatic carbocycles. The number of esters is 2. The lowest BCUT2D eigenvalue weighted by Gasteiger charge is -2.14. The number of carbonyl (C=O) groups excluding carboxylic acids is 2. The summed E-state index contributed by atoms with van der Waals surface area (Å²) in [5.74, 6) is -4.20. The smallest absolute Gasteiger partial charge is 0.333 e. The second kappa shape index (κ2) is 6.60. The van der Waals surface area contributed by atoms with Gasteiger partial charge < -0.3 is 14.6 Å². The van der Waals surface area contributed by atoms with Crippen LogP contribution in [0.4, 0.5) is 0 Å². The van der Waals surface area contributed by atoms with Gasteiger partial charge >= 0.3 is 17.9 Å². The van der Waals surface area contributed by atoms with Crippen LogP contribution in [-0.4, -0.2) is 29.8 Å². The van der Waals surface area contributed by atoms with Crippen molar-refractivity contribution < 1.29 is 29.0 Å². The van der Waals surface area contributed by atoms with Gasteiger partial charge in [0, 0.05) is 6.08 Å². The van der Waals surface area contributed by atoms with Crippen LogP contribution in [0.2, 0.25) is 0 Å². The van der Waals surface area contributed by atoms with Crippen LogP contribution in [-0.2, 0) is 23.9 Å². The van der Waals surface area contributed by atoms with Gasteiger partial charge in [-0.3, -0.25) is 9.59 Å². The molecule has 0 radical (unpaired) electrons. The summed E-state index contributed by atoms with van der Waals surface area (Å²) in [5.41, 5.74) is 0. The summed E-state index contributed by atoms with van der Waals surface area (Å²) in [4.78, 5) is 32.4. The standard InChI is InChI=1S/C10H14O6/c1-4-8(11)15-5-16-10(14)7(3)6(2)9(12)13/h4,6-7H,1,5H2,2-3H3,(H,12,13). The number of aliphatic carboxylic acids is 1. The number of hydrogen-bond acceptors (Lipinski definition) is 5. The number of hydrogen-bond donors (Lipinski definition) is 1. The zero-order valence-electron chi connectivity index (χ0n) is 9.13. The minimum Gasteiger partial charge on any atom is -0.481 e. The fraction of sp³-hybridized carbons (Fsp3) is 0.500. The summed E-state index contributed by atoms with van der Waals surface area (Å²) in [7, 11) is 0. The van der Waals surface area contributed by atoms with Gasteiger partial charge in [-0.1, -0.05) is 20.4 Å². The maximum Gasteiger partial charge on any atom is 0.333 e. The molecule has 0 amide bonds. The Balaban J connectivity index is 4.02. The van der Waals surface area contributed by atoms with E-state index in [9.17, 15) is 14.4 Å². The molecule has 2 unspecified atom stereocenters. The fourth-order valence-corrected chi connectivity index (χ4v) is 0.754. The first-order chi connectivity index (χ1) is 7.40. The molecule has 0 saturated heterocycles. The van der Waals surface area contributed by atoms with Crippen LogP contribution in [0, 0.1) is 11.8 Å². The molecular formula is C10H14O6. The molecule has 0 heterocycles. The van der Waals surface area contributed by atoms with Crippen molar-refractivity contribution in [3.8, 4) is 0 Å². The Morgan fingerprint density at radius 2 is 1.81 bits per heavy atom. The number of ether oxygens (including phenoxy) is 2. The zero-order chi connectivity index (χ0) is 12.7. The summed E-state index contributed by atoms with van der Waals surface area (Å²) < 4.78 is 8.96. The first-order valence-corrected chi connectivity index (χ1v) is 4.58. The normalized spacial score (nSPS) is 13.4. The Hall–Kier alpha value is -1.85. The van der Waals surface area contributed by atoms with E-state index in [1.54, 1.807) is 0 Å². The van der Waals surface area contributed by atoms with Crippen LogP contribution < -0.4 is 0 Å². The summed E-state index contributed by atoms with van der Waals surface area (Å²) >= 11 is 0. The Morgan fingerprint density at radius 3 is 2.25 bits per heavy atom. The minimum absolute atomic E-state index is 0.541. The van der Waals surface area contributed by atoms with Gasteiger partial charge in [0.2, 0.25) is 6.79 Å². The minimum atomic E-state index is -1.09. The van der Waals surface area contributed by atoms with Gasteiger partial charge in [0.25, 0.3) is 0 Å². The fourth-order valence-electron chi connectivity index (χ4n) is 0.754. The van der Waals surface area contributed by atoms with Crippen molar-refractivity contribution in [2.75, 3.05) is 6.79 Å². The van der Waals surface area contributed by atoms with Gasteiger partial charge in [-0.25, -0.2) is 4.79 Å². The lowest BCUT2D eigenvalue weighted by atomic mass is 9.97. The molecule has 0 aromatic heterocycles. The molecule has 0 aliphatic rings. The number of carboxylic acids is 1. The Morgan fingerprint density at radius 1 is 1.25 bits per heavy atom. The largest absolute Gasteiger partial charge is 0.481 e. The monoisotopic (exact) mass is 230 g/mol. The van der Waals surface area contributed by atoms with Crippen molar-refractivity contribution in [1.82, 2.24) is 0 Å². The first-order valence-electron chi connectivity index (χ1n) is 4.58. The van der Waals surface area contributed by atoms with Crippen LogP contribution in [0.5, 0.6) is 0 Å². The van der Waals surface area contributed by atoms with E-state index < -0.39 is 36.5 Å². The molecule has 6 heteroatoms. The third-order valence-electron chi connectivity index (χ3n) is 2.08. The van der Waals surface area contributed by atoms with E-state index in [1.165, 1.54) is 13.8 Å². The van der Waals surface area contributed by atoms with Crippen LogP contribution >= 0.6 is 0 Å². The molecule has 0 aliphatic heterocycles. The Kier molecular flexibility index (Phi) is 5.84. The highest BCUT2D eigenvalue weighted by molar-refractivity contribution is 5.82. The maximum absolute atomic E-state index is 11.3. The Labute approximate surface area is 92.8 Å². The molecule has 2 atom stereocenters. The van der Waals surface area contributed by atoms with E-state index in [1.807, 2.05) is 0 Å². The third kappa shape index (κ3) is 4.59. The van der Waals surface area contributed by atoms with Crippen molar-refractivity contribution in [2.24, 2.45) is 11.8 Å². The molecule has 0 fully saturated rings. The molecule has 0 aliphatic carbocycles. The molecule has 0 bridgehead atoms. The summed E-state index contributed by atoms with van der Waals surface area (Å²) in [6.07, 6.45) is 0.928. The number of carboxylic acid groups (broad SMARTS) is 1. The lowest BCUT2D eigenvalue weighted by molar-refractivity contribution is -0.170.